The van der Waals surface area contributed by atoms with E-state index in [2.05, 4.69) is 15.4 Å². The third-order valence-electron chi connectivity index (χ3n) is 2.85. The van der Waals surface area contributed by atoms with Crippen LogP contribution in [0.4, 0.5) is 5.13 Å². The van der Waals surface area contributed by atoms with Gasteiger partial charge in [0, 0.05) is 18.0 Å². The molecule has 0 aliphatic carbocycles. The number of thiazole rings is 1. The zero-order valence-electron chi connectivity index (χ0n) is 12.3. The maximum absolute atomic E-state index is 12.1. The van der Waals surface area contributed by atoms with Crippen LogP contribution in [0.15, 0.2) is 6.07 Å². The van der Waals surface area contributed by atoms with Crippen LogP contribution in [-0.4, -0.2) is 33.2 Å². The van der Waals surface area contributed by atoms with Gasteiger partial charge in [-0.2, -0.15) is 5.10 Å². The lowest BCUT2D eigenvalue weighted by atomic mass is 10.3. The Labute approximate surface area is 125 Å². The van der Waals surface area contributed by atoms with Gasteiger partial charge in [-0.1, -0.05) is 0 Å². The van der Waals surface area contributed by atoms with Gasteiger partial charge in [-0.3, -0.25) is 14.8 Å². The Morgan fingerprint density at radius 1 is 1.43 bits per heavy atom. The summed E-state index contributed by atoms with van der Waals surface area (Å²) in [4.78, 5) is 29.1. The Balaban J connectivity index is 2.16. The van der Waals surface area contributed by atoms with E-state index >= 15 is 0 Å². The molecular weight excluding hydrogens is 292 g/mol. The van der Waals surface area contributed by atoms with Crippen LogP contribution in [0, 0.1) is 13.8 Å². The number of ether oxygens (including phenoxy) is 1. The van der Waals surface area contributed by atoms with Crippen molar-refractivity contribution in [1.82, 2.24) is 14.8 Å². The maximum atomic E-state index is 12.1. The molecule has 0 atom stereocenters. The average molecular weight is 308 g/mol. The fourth-order valence-electron chi connectivity index (χ4n) is 1.66. The number of esters is 1. The molecule has 1 N–H and O–H groups in total. The number of nitrogens with one attached hydrogen (secondary N) is 1. The standard InChI is InChI=1S/C13H16N4O3S/c1-5-20-12(19)10-6-9(16-17(10)4)11(18)15-13-14-7(2)8(3)21-13/h6H,5H2,1-4H3,(H,14,15,18). The Hall–Kier alpha value is -2.22. The minimum atomic E-state index is -0.507. The number of rotatable bonds is 4. The molecular formula is C13H16N4O3S. The van der Waals surface area contributed by atoms with Crippen LogP contribution in [0.2, 0.25) is 0 Å². The molecule has 0 unspecified atom stereocenters. The van der Waals surface area contributed by atoms with Crippen molar-refractivity contribution < 1.29 is 14.3 Å². The van der Waals surface area contributed by atoms with E-state index in [1.54, 1.807) is 14.0 Å². The summed E-state index contributed by atoms with van der Waals surface area (Å²) in [7, 11) is 1.58. The number of hydrogen-bond donors (Lipinski definition) is 1. The van der Waals surface area contributed by atoms with Crippen molar-refractivity contribution >= 4 is 28.3 Å². The summed E-state index contributed by atoms with van der Waals surface area (Å²) in [6.45, 7) is 5.79. The largest absolute Gasteiger partial charge is 0.461 e. The van der Waals surface area contributed by atoms with Crippen molar-refractivity contribution in [2.24, 2.45) is 7.05 Å². The van der Waals surface area contributed by atoms with Crippen molar-refractivity contribution in [2.75, 3.05) is 11.9 Å². The molecule has 0 saturated heterocycles. The van der Waals surface area contributed by atoms with Crippen molar-refractivity contribution in [3.8, 4) is 0 Å². The van der Waals surface area contributed by atoms with Gasteiger partial charge in [-0.25, -0.2) is 9.78 Å². The normalized spacial score (nSPS) is 10.5. The van der Waals surface area contributed by atoms with Gasteiger partial charge in [0.1, 0.15) is 5.69 Å². The minimum Gasteiger partial charge on any atom is -0.461 e. The van der Waals surface area contributed by atoms with Gasteiger partial charge in [0.15, 0.2) is 10.8 Å². The third kappa shape index (κ3) is 3.27. The Kier molecular flexibility index (Phi) is 4.37. The highest BCUT2D eigenvalue weighted by molar-refractivity contribution is 7.15. The van der Waals surface area contributed by atoms with E-state index in [9.17, 15) is 9.59 Å². The first-order valence-electron chi connectivity index (χ1n) is 6.39. The first-order chi connectivity index (χ1) is 9.92. The van der Waals surface area contributed by atoms with Crippen molar-refractivity contribution in [1.29, 1.82) is 0 Å². The molecule has 0 aliphatic heterocycles. The molecule has 2 aromatic heterocycles. The number of nitrogens with zero attached hydrogens (tertiary/aromatic N) is 3. The predicted octanol–water partition coefficient (Wildman–Crippen LogP) is 1.92. The van der Waals surface area contributed by atoms with Gasteiger partial charge in [0.2, 0.25) is 0 Å². The number of carbonyl (C=O) groups excluding carboxylic acids is 2. The van der Waals surface area contributed by atoms with Crippen molar-refractivity contribution in [3.05, 3.63) is 28.0 Å². The minimum absolute atomic E-state index is 0.144. The second kappa shape index (κ2) is 6.04. The molecule has 0 saturated carbocycles. The lowest BCUT2D eigenvalue weighted by molar-refractivity contribution is 0.0513. The van der Waals surface area contributed by atoms with E-state index in [0.717, 1.165) is 10.6 Å². The van der Waals surface area contributed by atoms with E-state index < -0.39 is 11.9 Å². The summed E-state index contributed by atoms with van der Waals surface area (Å²) in [6.07, 6.45) is 0. The summed E-state index contributed by atoms with van der Waals surface area (Å²) in [5.41, 5.74) is 1.25. The number of anilines is 1. The Morgan fingerprint density at radius 2 is 2.14 bits per heavy atom. The highest BCUT2D eigenvalue weighted by Gasteiger charge is 2.19. The van der Waals surface area contributed by atoms with Crippen LogP contribution in [0.1, 0.15) is 38.5 Å². The first-order valence-corrected chi connectivity index (χ1v) is 7.20. The van der Waals surface area contributed by atoms with Crippen molar-refractivity contribution in [2.45, 2.75) is 20.8 Å². The van der Waals surface area contributed by atoms with E-state index in [0.29, 0.717) is 5.13 Å². The van der Waals surface area contributed by atoms with Gasteiger partial charge in [0.05, 0.1) is 12.3 Å². The molecule has 0 fully saturated rings. The van der Waals surface area contributed by atoms with Gasteiger partial charge in [-0.15, -0.1) is 11.3 Å². The highest BCUT2D eigenvalue weighted by atomic mass is 32.1. The maximum Gasteiger partial charge on any atom is 0.356 e. The molecule has 1 amide bonds. The zero-order chi connectivity index (χ0) is 15.6. The summed E-state index contributed by atoms with van der Waals surface area (Å²) in [5.74, 6) is -0.914. The second-order valence-corrected chi connectivity index (χ2v) is 5.58. The SMILES string of the molecule is CCOC(=O)c1cc(C(=O)Nc2nc(C)c(C)s2)nn1C. The number of carbonyl (C=O) groups is 2. The van der Waals surface area contributed by atoms with Gasteiger partial charge in [0.25, 0.3) is 5.91 Å². The molecule has 0 aromatic carbocycles. The average Bonchev–Trinajstić information content (AvgIpc) is 2.94. The number of hydrogen-bond acceptors (Lipinski definition) is 6. The van der Waals surface area contributed by atoms with E-state index in [-0.39, 0.29) is 18.0 Å². The monoisotopic (exact) mass is 308 g/mol. The molecule has 2 rings (SSSR count). The summed E-state index contributed by atoms with van der Waals surface area (Å²) in [5, 5.41) is 7.20. The molecule has 2 heterocycles. The molecule has 0 aliphatic rings. The van der Waals surface area contributed by atoms with E-state index in [1.165, 1.54) is 22.1 Å². The number of aromatic nitrogens is 3. The smallest absolute Gasteiger partial charge is 0.356 e. The third-order valence-corrected chi connectivity index (χ3v) is 3.83. The summed E-state index contributed by atoms with van der Waals surface area (Å²) < 4.78 is 6.22. The predicted molar refractivity (Wildman–Crippen MR) is 78.7 cm³/mol. The number of amides is 1. The van der Waals surface area contributed by atoms with Crippen LogP contribution < -0.4 is 5.32 Å². The highest BCUT2D eigenvalue weighted by Crippen LogP contribution is 2.21. The Morgan fingerprint density at radius 3 is 2.71 bits per heavy atom. The van der Waals surface area contributed by atoms with E-state index in [4.69, 9.17) is 4.74 Å². The second-order valence-electron chi connectivity index (χ2n) is 4.37. The Bertz CT molecular complexity index is 670. The van der Waals surface area contributed by atoms with Gasteiger partial charge >= 0.3 is 5.97 Å². The van der Waals surface area contributed by atoms with Crippen LogP contribution in [0.3, 0.4) is 0 Å². The first kappa shape index (κ1) is 15.2. The lowest BCUT2D eigenvalue weighted by Crippen LogP contribution is -2.12. The molecule has 112 valence electrons. The molecule has 0 bridgehead atoms. The molecule has 2 aromatic rings. The summed E-state index contributed by atoms with van der Waals surface area (Å²) >= 11 is 1.39. The summed E-state index contributed by atoms with van der Waals surface area (Å²) in [6, 6.07) is 1.40. The van der Waals surface area contributed by atoms with Crippen LogP contribution in [-0.2, 0) is 11.8 Å². The van der Waals surface area contributed by atoms with Crippen LogP contribution in [0.25, 0.3) is 0 Å². The molecule has 7 nitrogen and oxygen atoms in total. The van der Waals surface area contributed by atoms with Crippen LogP contribution in [0.5, 0.6) is 0 Å². The molecule has 21 heavy (non-hydrogen) atoms. The van der Waals surface area contributed by atoms with Gasteiger partial charge < -0.3 is 4.74 Å². The zero-order valence-corrected chi connectivity index (χ0v) is 13.1. The molecule has 8 heteroatoms. The molecule has 0 spiro atoms. The quantitative estimate of drug-likeness (QED) is 0.872. The molecule has 0 radical (unpaired) electrons. The van der Waals surface area contributed by atoms with Crippen LogP contribution >= 0.6 is 11.3 Å². The van der Waals surface area contributed by atoms with Crippen molar-refractivity contribution in [3.63, 3.8) is 0 Å². The topological polar surface area (TPSA) is 86.1 Å². The fourth-order valence-corrected chi connectivity index (χ4v) is 2.47. The van der Waals surface area contributed by atoms with Gasteiger partial charge in [-0.05, 0) is 20.8 Å². The number of aryl methyl sites for hydroxylation is 3. The van der Waals surface area contributed by atoms with E-state index in [1.807, 2.05) is 13.8 Å². The lowest BCUT2D eigenvalue weighted by Gasteiger charge is -1.99. The fraction of sp³-hybridized carbons (Fsp3) is 0.385.